The van der Waals surface area contributed by atoms with Crippen molar-refractivity contribution >= 4 is 28.6 Å². The molecule has 1 aliphatic heterocycles. The first-order chi connectivity index (χ1) is 20.3. The summed E-state index contributed by atoms with van der Waals surface area (Å²) in [5, 5.41) is 7.66. The van der Waals surface area contributed by atoms with E-state index in [2.05, 4.69) is 20.4 Å². The number of nitrogens with zero attached hydrogens (tertiary/aromatic N) is 5. The van der Waals surface area contributed by atoms with Crippen molar-refractivity contribution in [3.8, 4) is 11.3 Å². The third kappa shape index (κ3) is 5.90. The molecule has 42 heavy (non-hydrogen) atoms. The average Bonchev–Trinajstić information content (AvgIpc) is 3.26. The largest absolute Gasteiger partial charge is 0.416 e. The molecule has 0 radical (unpaired) electrons. The molecule has 8 nitrogen and oxygen atoms in total. The maximum absolute atomic E-state index is 13.1. The van der Waals surface area contributed by atoms with Gasteiger partial charge in [-0.3, -0.25) is 0 Å². The minimum Gasteiger partial charge on any atom is -0.354 e. The normalized spacial score (nSPS) is 14.2. The topological polar surface area (TPSA) is 87.4 Å². The summed E-state index contributed by atoms with van der Waals surface area (Å²) in [7, 11) is 0. The third-order valence-corrected chi connectivity index (χ3v) is 7.14. The van der Waals surface area contributed by atoms with Crippen LogP contribution in [-0.4, -0.2) is 52.2 Å². The number of halogens is 3. The summed E-state index contributed by atoms with van der Waals surface area (Å²) in [5.74, 6) is 1.26. The minimum atomic E-state index is -4.49. The van der Waals surface area contributed by atoms with Gasteiger partial charge in [-0.1, -0.05) is 71.9 Å². The molecular weight excluding hydrogens is 545 g/mol. The number of amides is 2. The molecule has 5 aromatic rings. The van der Waals surface area contributed by atoms with Gasteiger partial charge < -0.3 is 19.6 Å². The van der Waals surface area contributed by atoms with Gasteiger partial charge in [-0.25, -0.2) is 9.78 Å². The fourth-order valence-corrected chi connectivity index (χ4v) is 5.07. The summed E-state index contributed by atoms with van der Waals surface area (Å²) in [6.45, 7) is 1.83. The Labute approximate surface area is 239 Å². The first kappa shape index (κ1) is 27.3. The number of hydrogen-bond donors (Lipinski definition) is 1. The van der Waals surface area contributed by atoms with Gasteiger partial charge in [0.1, 0.15) is 22.7 Å². The smallest absolute Gasteiger partial charge is 0.354 e. The lowest BCUT2D eigenvalue weighted by atomic mass is 10.1. The van der Waals surface area contributed by atoms with E-state index in [0.717, 1.165) is 23.3 Å². The van der Waals surface area contributed by atoms with Gasteiger partial charge >= 0.3 is 12.2 Å². The monoisotopic (exact) mass is 572 g/mol. The van der Waals surface area contributed by atoms with Gasteiger partial charge in [0.05, 0.1) is 5.56 Å². The molecular formula is C31H27F3N6O2. The Morgan fingerprint density at radius 2 is 1.64 bits per heavy atom. The third-order valence-electron chi connectivity index (χ3n) is 7.14. The van der Waals surface area contributed by atoms with Gasteiger partial charge in [-0.2, -0.15) is 18.2 Å². The average molecular weight is 573 g/mol. The van der Waals surface area contributed by atoms with Gasteiger partial charge in [-0.15, -0.1) is 0 Å². The zero-order valence-corrected chi connectivity index (χ0v) is 22.5. The number of aromatic nitrogens is 3. The molecule has 214 valence electrons. The van der Waals surface area contributed by atoms with E-state index in [4.69, 9.17) is 9.51 Å². The first-order valence-electron chi connectivity index (χ1n) is 13.6. The fourth-order valence-electron chi connectivity index (χ4n) is 5.07. The second-order valence-electron chi connectivity index (χ2n) is 10.0. The number of anilines is 2. The standard InChI is InChI=1S/C31H27F3N6O2/c32-31(33,34)23-13-7-14-24(20-23)35-30(41)40-16-8-15-39(17-18-40)28-26-27(22-11-5-2-6-12-22)38-42-29(26)37-25(36-28)19-21-9-3-1-4-10-21/h1-7,9-14,20H,8,15-19H2,(H,35,41). The van der Waals surface area contributed by atoms with Crippen LogP contribution in [0.2, 0.25) is 0 Å². The molecule has 1 fully saturated rings. The number of hydrogen-bond acceptors (Lipinski definition) is 6. The Morgan fingerprint density at radius 1 is 0.881 bits per heavy atom. The second kappa shape index (κ2) is 11.5. The van der Waals surface area contributed by atoms with Crippen LogP contribution in [0.4, 0.5) is 29.5 Å². The zero-order valence-electron chi connectivity index (χ0n) is 22.5. The van der Waals surface area contributed by atoms with Crippen molar-refractivity contribution in [1.29, 1.82) is 0 Å². The highest BCUT2D eigenvalue weighted by molar-refractivity contribution is 5.98. The van der Waals surface area contributed by atoms with Crippen LogP contribution in [0.25, 0.3) is 22.4 Å². The first-order valence-corrected chi connectivity index (χ1v) is 13.6. The highest BCUT2D eigenvalue weighted by Gasteiger charge is 2.31. The van der Waals surface area contributed by atoms with Gasteiger partial charge in [0.15, 0.2) is 0 Å². The van der Waals surface area contributed by atoms with Crippen molar-refractivity contribution in [2.24, 2.45) is 0 Å². The van der Waals surface area contributed by atoms with E-state index in [-0.39, 0.29) is 5.69 Å². The number of carbonyl (C=O) groups is 1. The lowest BCUT2D eigenvalue weighted by Gasteiger charge is -2.24. The molecule has 0 spiro atoms. The highest BCUT2D eigenvalue weighted by atomic mass is 19.4. The summed E-state index contributed by atoms with van der Waals surface area (Å²) in [6, 6.07) is 23.7. The Bertz CT molecular complexity index is 1690. The number of carbonyl (C=O) groups excluding carboxylic acids is 1. The molecule has 0 saturated carbocycles. The van der Waals surface area contributed by atoms with E-state index < -0.39 is 17.8 Å². The van der Waals surface area contributed by atoms with Crippen LogP contribution < -0.4 is 10.2 Å². The Kier molecular flexibility index (Phi) is 7.47. The van der Waals surface area contributed by atoms with Crippen LogP contribution in [0.1, 0.15) is 23.4 Å². The summed E-state index contributed by atoms with van der Waals surface area (Å²) >= 11 is 0. The van der Waals surface area contributed by atoms with Crippen LogP contribution >= 0.6 is 0 Å². The van der Waals surface area contributed by atoms with Crippen molar-refractivity contribution in [3.05, 3.63) is 102 Å². The van der Waals surface area contributed by atoms with Crippen LogP contribution in [0.5, 0.6) is 0 Å². The predicted molar refractivity (Wildman–Crippen MR) is 153 cm³/mol. The molecule has 2 amide bonds. The van der Waals surface area contributed by atoms with E-state index in [0.29, 0.717) is 67.5 Å². The molecule has 0 atom stereocenters. The number of rotatable bonds is 5. The van der Waals surface area contributed by atoms with Crippen molar-refractivity contribution in [3.63, 3.8) is 0 Å². The SMILES string of the molecule is O=C(Nc1cccc(C(F)(F)F)c1)N1CCCN(c2nc(Cc3ccccc3)nc3onc(-c4ccccc4)c23)CC1. The molecule has 1 saturated heterocycles. The molecule has 2 aromatic heterocycles. The maximum atomic E-state index is 13.1. The van der Waals surface area contributed by atoms with E-state index in [1.807, 2.05) is 60.7 Å². The number of fused-ring (bicyclic) bond motifs is 1. The highest BCUT2D eigenvalue weighted by Crippen LogP contribution is 2.35. The van der Waals surface area contributed by atoms with Crippen molar-refractivity contribution < 1.29 is 22.5 Å². The van der Waals surface area contributed by atoms with E-state index in [1.165, 1.54) is 12.1 Å². The molecule has 3 heterocycles. The lowest BCUT2D eigenvalue weighted by molar-refractivity contribution is -0.137. The number of benzene rings is 3. The quantitative estimate of drug-likeness (QED) is 0.254. The molecule has 0 aliphatic carbocycles. The maximum Gasteiger partial charge on any atom is 0.416 e. The van der Waals surface area contributed by atoms with Crippen molar-refractivity contribution in [2.75, 3.05) is 36.4 Å². The molecule has 0 unspecified atom stereocenters. The summed E-state index contributed by atoms with van der Waals surface area (Å²) in [5.41, 5.74) is 2.22. The zero-order chi connectivity index (χ0) is 29.1. The van der Waals surface area contributed by atoms with E-state index in [1.54, 1.807) is 4.90 Å². The fraction of sp³-hybridized carbons (Fsp3) is 0.226. The summed E-state index contributed by atoms with van der Waals surface area (Å²) in [6.07, 6.45) is -3.36. The Balaban J connectivity index is 1.27. The molecule has 3 aromatic carbocycles. The van der Waals surface area contributed by atoms with E-state index >= 15 is 0 Å². The number of nitrogens with one attached hydrogen (secondary N) is 1. The van der Waals surface area contributed by atoms with Crippen LogP contribution in [0.15, 0.2) is 89.5 Å². The Morgan fingerprint density at radius 3 is 2.40 bits per heavy atom. The van der Waals surface area contributed by atoms with Crippen LogP contribution in [0.3, 0.4) is 0 Å². The number of urea groups is 1. The summed E-state index contributed by atoms with van der Waals surface area (Å²) < 4.78 is 45.1. The molecule has 11 heteroatoms. The van der Waals surface area contributed by atoms with Crippen LogP contribution in [0, 0.1) is 0 Å². The van der Waals surface area contributed by atoms with Crippen molar-refractivity contribution in [2.45, 2.75) is 19.0 Å². The van der Waals surface area contributed by atoms with Gasteiger partial charge in [0, 0.05) is 43.9 Å². The predicted octanol–water partition coefficient (Wildman–Crippen LogP) is 6.64. The minimum absolute atomic E-state index is 0.0935. The van der Waals surface area contributed by atoms with Crippen molar-refractivity contribution in [1.82, 2.24) is 20.0 Å². The molecule has 1 N–H and O–H groups in total. The molecule has 0 bridgehead atoms. The molecule has 1 aliphatic rings. The molecule has 6 rings (SSSR count). The second-order valence-corrected chi connectivity index (χ2v) is 10.0. The van der Waals surface area contributed by atoms with Crippen LogP contribution in [-0.2, 0) is 12.6 Å². The van der Waals surface area contributed by atoms with E-state index in [9.17, 15) is 18.0 Å². The lowest BCUT2D eigenvalue weighted by Crippen LogP contribution is -2.38. The summed E-state index contributed by atoms with van der Waals surface area (Å²) in [4.78, 5) is 26.4. The van der Waals surface area contributed by atoms with Gasteiger partial charge in [-0.05, 0) is 30.2 Å². The Hall–Kier alpha value is -4.93. The van der Waals surface area contributed by atoms with Gasteiger partial charge in [0.25, 0.3) is 5.71 Å². The van der Waals surface area contributed by atoms with Gasteiger partial charge in [0.2, 0.25) is 0 Å². The number of alkyl halides is 3.